The highest BCUT2D eigenvalue weighted by Crippen LogP contribution is 2.36. The lowest BCUT2D eigenvalue weighted by Gasteiger charge is -2.20. The average molecular weight is 341 g/mol. The number of rotatable bonds is 3. The number of benzene rings is 2. The average Bonchev–Trinajstić information content (AvgIpc) is 3.01. The quantitative estimate of drug-likeness (QED) is 0.777. The summed E-state index contributed by atoms with van der Waals surface area (Å²) in [6.45, 7) is 3.17. The predicted octanol–water partition coefficient (Wildman–Crippen LogP) is 4.18. The van der Waals surface area contributed by atoms with Crippen molar-refractivity contribution < 1.29 is 9.53 Å². The fourth-order valence-electron chi connectivity index (χ4n) is 3.19. The fraction of sp³-hybridized carbons (Fsp3) is 0.211. The first-order chi connectivity index (χ1) is 11.6. The van der Waals surface area contributed by atoms with Crippen LogP contribution in [0.25, 0.3) is 10.9 Å². The van der Waals surface area contributed by atoms with Crippen molar-refractivity contribution >= 4 is 28.4 Å². The maximum atomic E-state index is 12.8. The lowest BCUT2D eigenvalue weighted by atomic mass is 10.1. The maximum Gasteiger partial charge on any atom is 0.268 e. The Bertz CT molecular complexity index is 918. The van der Waals surface area contributed by atoms with Gasteiger partial charge in [-0.05, 0) is 30.7 Å². The Balaban J connectivity index is 1.71. The highest BCUT2D eigenvalue weighted by Gasteiger charge is 2.23. The number of nitrogens with one attached hydrogen (secondary N) is 1. The van der Waals surface area contributed by atoms with Crippen molar-refractivity contribution in [1.29, 1.82) is 0 Å². The van der Waals surface area contributed by atoms with Crippen molar-refractivity contribution in [2.45, 2.75) is 19.5 Å². The maximum absolute atomic E-state index is 12.8. The third kappa shape index (κ3) is 2.43. The van der Waals surface area contributed by atoms with Crippen molar-refractivity contribution in [2.24, 2.45) is 0 Å². The van der Waals surface area contributed by atoms with Crippen LogP contribution in [0.5, 0.6) is 5.75 Å². The van der Waals surface area contributed by atoms with Crippen LogP contribution in [0.2, 0.25) is 5.02 Å². The Morgan fingerprint density at radius 1 is 1.25 bits per heavy atom. The number of ether oxygens (including phenoxy) is 1. The zero-order chi connectivity index (χ0) is 16.7. The summed E-state index contributed by atoms with van der Waals surface area (Å²) in [6, 6.07) is 15.4. The second-order valence-corrected chi connectivity index (χ2v) is 6.35. The van der Waals surface area contributed by atoms with Gasteiger partial charge in [0.05, 0.1) is 23.1 Å². The van der Waals surface area contributed by atoms with Crippen molar-refractivity contribution in [3.63, 3.8) is 0 Å². The molecule has 4 nitrogen and oxygen atoms in total. The van der Waals surface area contributed by atoms with Crippen LogP contribution in [0.4, 0.5) is 0 Å². The summed E-state index contributed by atoms with van der Waals surface area (Å²) in [7, 11) is 0. The van der Waals surface area contributed by atoms with Gasteiger partial charge in [0.1, 0.15) is 18.1 Å². The second-order valence-electron chi connectivity index (χ2n) is 5.94. The Labute approximate surface area is 145 Å². The molecule has 1 N–H and O–H groups in total. The van der Waals surface area contributed by atoms with E-state index in [1.807, 2.05) is 60.0 Å². The number of hydrogen-bond acceptors (Lipinski definition) is 2. The SMILES string of the molecule is CC(NC(=O)c1cc2c(Cl)ccc3c2n1CCO3)c1ccccc1. The summed E-state index contributed by atoms with van der Waals surface area (Å²) in [5, 5.41) is 4.55. The number of aromatic nitrogens is 1. The molecule has 0 saturated heterocycles. The minimum Gasteiger partial charge on any atom is -0.490 e. The van der Waals surface area contributed by atoms with Crippen molar-refractivity contribution in [3.8, 4) is 5.75 Å². The van der Waals surface area contributed by atoms with Gasteiger partial charge in [0, 0.05) is 5.39 Å². The fourth-order valence-corrected chi connectivity index (χ4v) is 3.40. The molecule has 4 rings (SSSR count). The molecule has 0 aliphatic carbocycles. The Hall–Kier alpha value is -2.46. The molecular weight excluding hydrogens is 324 g/mol. The van der Waals surface area contributed by atoms with Gasteiger partial charge in [-0.25, -0.2) is 0 Å². The zero-order valence-electron chi connectivity index (χ0n) is 13.3. The van der Waals surface area contributed by atoms with E-state index < -0.39 is 0 Å². The molecule has 0 fully saturated rings. The smallest absolute Gasteiger partial charge is 0.268 e. The molecule has 0 radical (unpaired) electrons. The summed E-state index contributed by atoms with van der Waals surface area (Å²) < 4.78 is 7.68. The van der Waals surface area contributed by atoms with E-state index in [0.717, 1.165) is 22.2 Å². The molecule has 0 spiro atoms. The van der Waals surface area contributed by atoms with E-state index in [0.29, 0.717) is 23.9 Å². The Morgan fingerprint density at radius 3 is 2.83 bits per heavy atom. The minimum atomic E-state index is -0.105. The summed E-state index contributed by atoms with van der Waals surface area (Å²) in [5.74, 6) is 0.669. The van der Waals surface area contributed by atoms with Gasteiger partial charge in [0.25, 0.3) is 5.91 Å². The molecular formula is C19H17ClN2O2. The van der Waals surface area contributed by atoms with Crippen LogP contribution in [0.1, 0.15) is 29.0 Å². The minimum absolute atomic E-state index is 0.0701. The van der Waals surface area contributed by atoms with E-state index >= 15 is 0 Å². The van der Waals surface area contributed by atoms with Gasteiger partial charge in [-0.1, -0.05) is 41.9 Å². The number of halogens is 1. The molecule has 2 aromatic carbocycles. The number of carbonyl (C=O) groups is 1. The molecule has 0 saturated carbocycles. The highest BCUT2D eigenvalue weighted by atomic mass is 35.5. The summed E-state index contributed by atoms with van der Waals surface area (Å²) in [4.78, 5) is 12.8. The first-order valence-electron chi connectivity index (χ1n) is 7.95. The Kier molecular flexibility index (Phi) is 3.69. The molecule has 24 heavy (non-hydrogen) atoms. The normalized spacial score (nSPS) is 14.2. The van der Waals surface area contributed by atoms with Gasteiger partial charge < -0.3 is 14.6 Å². The van der Waals surface area contributed by atoms with Gasteiger partial charge in [-0.15, -0.1) is 0 Å². The standard InChI is InChI=1S/C19H17ClN2O2/c1-12(13-5-3-2-4-6-13)21-19(23)16-11-14-15(20)7-8-17-18(14)22(16)9-10-24-17/h2-8,11-12H,9-10H2,1H3,(H,21,23). The van der Waals surface area contributed by atoms with E-state index in [2.05, 4.69) is 5.32 Å². The first-order valence-corrected chi connectivity index (χ1v) is 8.33. The van der Waals surface area contributed by atoms with Crippen LogP contribution in [-0.2, 0) is 6.54 Å². The van der Waals surface area contributed by atoms with Crippen LogP contribution >= 0.6 is 11.6 Å². The summed E-state index contributed by atoms with van der Waals surface area (Å²) in [6.07, 6.45) is 0. The lowest BCUT2D eigenvalue weighted by Crippen LogP contribution is -2.29. The third-order valence-electron chi connectivity index (χ3n) is 4.42. The molecule has 1 atom stereocenters. The van der Waals surface area contributed by atoms with Crippen molar-refractivity contribution in [2.75, 3.05) is 6.61 Å². The van der Waals surface area contributed by atoms with Crippen LogP contribution in [0, 0.1) is 0 Å². The van der Waals surface area contributed by atoms with E-state index in [1.165, 1.54) is 0 Å². The molecule has 0 bridgehead atoms. The molecule has 3 aromatic rings. The monoisotopic (exact) mass is 340 g/mol. The first kappa shape index (κ1) is 15.1. The van der Waals surface area contributed by atoms with Gasteiger partial charge in [0.2, 0.25) is 0 Å². The van der Waals surface area contributed by atoms with E-state index in [1.54, 1.807) is 0 Å². The molecule has 1 aromatic heterocycles. The summed E-state index contributed by atoms with van der Waals surface area (Å²) in [5.41, 5.74) is 2.58. The van der Waals surface area contributed by atoms with Gasteiger partial charge >= 0.3 is 0 Å². The molecule has 5 heteroatoms. The third-order valence-corrected chi connectivity index (χ3v) is 4.75. The van der Waals surface area contributed by atoms with E-state index in [4.69, 9.17) is 16.3 Å². The van der Waals surface area contributed by atoms with Gasteiger partial charge in [0.15, 0.2) is 0 Å². The van der Waals surface area contributed by atoms with Crippen molar-refractivity contribution in [1.82, 2.24) is 9.88 Å². The largest absolute Gasteiger partial charge is 0.490 e. The van der Waals surface area contributed by atoms with E-state index in [9.17, 15) is 4.79 Å². The predicted molar refractivity (Wildman–Crippen MR) is 94.8 cm³/mol. The Morgan fingerprint density at radius 2 is 2.04 bits per heavy atom. The molecule has 2 heterocycles. The number of nitrogens with zero attached hydrogens (tertiary/aromatic N) is 1. The molecule has 1 aliphatic rings. The van der Waals surface area contributed by atoms with E-state index in [-0.39, 0.29) is 11.9 Å². The highest BCUT2D eigenvalue weighted by molar-refractivity contribution is 6.36. The van der Waals surface area contributed by atoms with Gasteiger partial charge in [-0.2, -0.15) is 0 Å². The summed E-state index contributed by atoms with van der Waals surface area (Å²) >= 11 is 6.30. The lowest BCUT2D eigenvalue weighted by molar-refractivity contribution is 0.0929. The molecule has 1 aliphatic heterocycles. The van der Waals surface area contributed by atoms with Gasteiger partial charge in [-0.3, -0.25) is 4.79 Å². The number of hydrogen-bond donors (Lipinski definition) is 1. The molecule has 1 amide bonds. The van der Waals surface area contributed by atoms with Crippen LogP contribution in [0.15, 0.2) is 48.5 Å². The molecule has 122 valence electrons. The van der Waals surface area contributed by atoms with Crippen molar-refractivity contribution in [3.05, 3.63) is 64.8 Å². The molecule has 1 unspecified atom stereocenters. The van der Waals surface area contributed by atoms with Crippen LogP contribution in [0.3, 0.4) is 0 Å². The zero-order valence-corrected chi connectivity index (χ0v) is 14.0. The second kappa shape index (κ2) is 5.87. The number of amides is 1. The van der Waals surface area contributed by atoms with Crippen LogP contribution < -0.4 is 10.1 Å². The van der Waals surface area contributed by atoms with Crippen LogP contribution in [-0.4, -0.2) is 17.1 Å². The number of carbonyl (C=O) groups excluding carboxylic acids is 1. The topological polar surface area (TPSA) is 43.3 Å².